The maximum atomic E-state index is 13.6. The molecule has 4 aliphatic rings. The summed E-state index contributed by atoms with van der Waals surface area (Å²) in [5.41, 5.74) is 7.83. The highest BCUT2D eigenvalue weighted by Crippen LogP contribution is 2.58. The molecule has 0 unspecified atom stereocenters. The summed E-state index contributed by atoms with van der Waals surface area (Å²) in [7, 11) is 0. The normalized spacial score (nSPS) is 27.5. The summed E-state index contributed by atoms with van der Waals surface area (Å²) in [6.45, 7) is 0.555. The van der Waals surface area contributed by atoms with Crippen molar-refractivity contribution in [2.24, 2.45) is 23.5 Å². The smallest absolute Gasteiger partial charge is 0.248 e. The van der Waals surface area contributed by atoms with Crippen LogP contribution in [0.5, 0.6) is 0 Å². The molecule has 174 valence electrons. The Balaban J connectivity index is 1.30. The fourth-order valence-electron chi connectivity index (χ4n) is 6.79. The van der Waals surface area contributed by atoms with Crippen molar-refractivity contribution in [1.29, 1.82) is 0 Å². The Kier molecular flexibility index (Phi) is 6.21. The predicted octanol–water partition coefficient (Wildman–Crippen LogP) is 5.16. The highest BCUT2D eigenvalue weighted by Gasteiger charge is 2.54. The number of thioether (sulfide) groups is 1. The molecule has 6 heteroatoms. The van der Waals surface area contributed by atoms with Crippen LogP contribution in [-0.2, 0) is 17.1 Å². The molecule has 0 radical (unpaired) electrons. The number of carbonyl (C=O) groups excluding carboxylic acids is 2. The summed E-state index contributed by atoms with van der Waals surface area (Å²) in [6, 6.07) is 13.9. The third-order valence-electron chi connectivity index (χ3n) is 7.87. The van der Waals surface area contributed by atoms with E-state index >= 15 is 0 Å². The van der Waals surface area contributed by atoms with Crippen molar-refractivity contribution >= 4 is 23.6 Å². The number of halogens is 1. The molecular weight excluding hydrogens is 435 g/mol. The standard InChI is InChI=1S/C27H31FN2O2S/c28-24-7-3-18(4-8-24)15-30(27-12-20-9-21(13-27)11-22(10-20)14-27)25(31)17-33-16-19-1-5-23(6-2-19)26(29)32/h1-8,20-22H,9-17H2,(H2,29,32). The lowest BCUT2D eigenvalue weighted by Gasteiger charge is -2.60. The number of hydrogen-bond acceptors (Lipinski definition) is 3. The van der Waals surface area contributed by atoms with Crippen molar-refractivity contribution in [2.45, 2.75) is 56.4 Å². The molecule has 0 aromatic heterocycles. The zero-order chi connectivity index (χ0) is 23.0. The maximum absolute atomic E-state index is 13.6. The Morgan fingerprint density at radius 1 is 0.909 bits per heavy atom. The van der Waals surface area contributed by atoms with Crippen LogP contribution >= 0.6 is 11.8 Å². The van der Waals surface area contributed by atoms with Gasteiger partial charge in [-0.25, -0.2) is 4.39 Å². The van der Waals surface area contributed by atoms with E-state index in [-0.39, 0.29) is 17.3 Å². The van der Waals surface area contributed by atoms with E-state index < -0.39 is 5.91 Å². The molecule has 0 aliphatic heterocycles. The Hall–Kier alpha value is -2.34. The SMILES string of the molecule is NC(=O)c1ccc(CSCC(=O)N(Cc2ccc(F)cc2)C23CC4CC(CC(C4)C2)C3)cc1. The van der Waals surface area contributed by atoms with Crippen LogP contribution < -0.4 is 5.73 Å². The van der Waals surface area contributed by atoms with Gasteiger partial charge in [-0.05, 0) is 91.7 Å². The van der Waals surface area contributed by atoms with Gasteiger partial charge in [0.15, 0.2) is 0 Å². The van der Waals surface area contributed by atoms with E-state index in [1.54, 1.807) is 23.9 Å². The topological polar surface area (TPSA) is 63.4 Å². The molecule has 0 saturated heterocycles. The Morgan fingerprint density at radius 2 is 1.45 bits per heavy atom. The number of amides is 2. The highest BCUT2D eigenvalue weighted by molar-refractivity contribution is 7.99. The van der Waals surface area contributed by atoms with Gasteiger partial charge in [0.1, 0.15) is 5.82 Å². The molecule has 33 heavy (non-hydrogen) atoms. The van der Waals surface area contributed by atoms with Gasteiger partial charge >= 0.3 is 0 Å². The lowest BCUT2D eigenvalue weighted by Crippen LogP contribution is -2.61. The third kappa shape index (κ3) is 4.81. The number of rotatable bonds is 8. The molecule has 0 atom stereocenters. The number of hydrogen-bond donors (Lipinski definition) is 1. The van der Waals surface area contributed by atoms with Crippen LogP contribution in [0.3, 0.4) is 0 Å². The second-order valence-electron chi connectivity index (χ2n) is 10.3. The van der Waals surface area contributed by atoms with Crippen LogP contribution in [0, 0.1) is 23.6 Å². The molecule has 4 aliphatic carbocycles. The van der Waals surface area contributed by atoms with Crippen molar-refractivity contribution in [2.75, 3.05) is 5.75 Å². The van der Waals surface area contributed by atoms with Gasteiger partial charge in [0.05, 0.1) is 5.75 Å². The fourth-order valence-corrected chi connectivity index (χ4v) is 7.65. The van der Waals surface area contributed by atoms with Crippen LogP contribution in [-0.4, -0.2) is 28.0 Å². The predicted molar refractivity (Wildman–Crippen MR) is 129 cm³/mol. The molecule has 2 amide bonds. The Labute approximate surface area is 199 Å². The van der Waals surface area contributed by atoms with Gasteiger partial charge in [-0.1, -0.05) is 24.3 Å². The first-order valence-electron chi connectivity index (χ1n) is 11.9. The molecule has 0 spiro atoms. The summed E-state index contributed by atoms with van der Waals surface area (Å²) in [5.74, 6) is 2.86. The average Bonchev–Trinajstić information content (AvgIpc) is 2.78. The monoisotopic (exact) mass is 466 g/mol. The molecule has 4 saturated carbocycles. The molecule has 2 N–H and O–H groups in total. The van der Waals surface area contributed by atoms with Gasteiger partial charge in [-0.15, -0.1) is 11.8 Å². The second-order valence-corrected chi connectivity index (χ2v) is 11.3. The van der Waals surface area contributed by atoms with Gasteiger partial charge in [0, 0.05) is 23.4 Å². The van der Waals surface area contributed by atoms with Gasteiger partial charge in [-0.2, -0.15) is 0 Å². The number of benzene rings is 2. The minimum absolute atomic E-state index is 0.0378. The van der Waals surface area contributed by atoms with E-state index in [1.165, 1.54) is 31.4 Å². The molecule has 2 aromatic rings. The largest absolute Gasteiger partial charge is 0.366 e. The lowest BCUT2D eigenvalue weighted by molar-refractivity contribution is -0.149. The van der Waals surface area contributed by atoms with Crippen molar-refractivity contribution < 1.29 is 14.0 Å². The Morgan fingerprint density at radius 3 is 2.00 bits per heavy atom. The minimum atomic E-state index is -0.434. The lowest BCUT2D eigenvalue weighted by atomic mass is 9.52. The third-order valence-corrected chi connectivity index (χ3v) is 8.85. The zero-order valence-corrected chi connectivity index (χ0v) is 19.7. The maximum Gasteiger partial charge on any atom is 0.248 e. The second kappa shape index (κ2) is 9.13. The van der Waals surface area contributed by atoms with E-state index in [2.05, 4.69) is 4.90 Å². The van der Waals surface area contributed by atoms with Crippen molar-refractivity contribution in [3.05, 3.63) is 71.0 Å². The van der Waals surface area contributed by atoms with E-state index in [1.807, 2.05) is 24.3 Å². The van der Waals surface area contributed by atoms with Crippen LogP contribution in [0.1, 0.15) is 60.0 Å². The van der Waals surface area contributed by atoms with Crippen molar-refractivity contribution in [3.63, 3.8) is 0 Å². The molecule has 2 aromatic carbocycles. The molecule has 4 fully saturated rings. The van der Waals surface area contributed by atoms with Crippen molar-refractivity contribution in [3.8, 4) is 0 Å². The van der Waals surface area contributed by atoms with E-state index in [4.69, 9.17) is 5.73 Å². The van der Waals surface area contributed by atoms with E-state index in [0.717, 1.165) is 48.1 Å². The molecule has 6 rings (SSSR count). The molecule has 0 heterocycles. The van der Waals surface area contributed by atoms with E-state index in [9.17, 15) is 14.0 Å². The zero-order valence-electron chi connectivity index (χ0n) is 18.8. The van der Waals surface area contributed by atoms with E-state index in [0.29, 0.717) is 23.6 Å². The summed E-state index contributed by atoms with van der Waals surface area (Å²) in [6.07, 6.45) is 7.33. The van der Waals surface area contributed by atoms with Gasteiger partial charge in [-0.3, -0.25) is 9.59 Å². The minimum Gasteiger partial charge on any atom is -0.366 e. The molecule has 4 bridgehead atoms. The first-order chi connectivity index (χ1) is 15.9. The first-order valence-corrected chi connectivity index (χ1v) is 13.1. The van der Waals surface area contributed by atoms with Crippen LogP contribution in [0.4, 0.5) is 4.39 Å². The quantitative estimate of drug-likeness (QED) is 0.585. The summed E-state index contributed by atoms with van der Waals surface area (Å²) in [4.78, 5) is 27.1. The molecule has 4 nitrogen and oxygen atoms in total. The average molecular weight is 467 g/mol. The fraction of sp³-hybridized carbons (Fsp3) is 0.481. The van der Waals surface area contributed by atoms with Crippen LogP contribution in [0.25, 0.3) is 0 Å². The number of carbonyl (C=O) groups is 2. The van der Waals surface area contributed by atoms with Gasteiger partial charge in [0.25, 0.3) is 0 Å². The Bertz CT molecular complexity index is 986. The summed E-state index contributed by atoms with van der Waals surface area (Å²) < 4.78 is 13.5. The van der Waals surface area contributed by atoms with Crippen LogP contribution in [0.2, 0.25) is 0 Å². The number of nitrogens with two attached hydrogens (primary N) is 1. The van der Waals surface area contributed by atoms with Crippen LogP contribution in [0.15, 0.2) is 48.5 Å². The number of nitrogens with zero attached hydrogens (tertiary/aromatic N) is 1. The first kappa shape index (κ1) is 22.5. The summed E-state index contributed by atoms with van der Waals surface area (Å²) >= 11 is 1.61. The van der Waals surface area contributed by atoms with Gasteiger partial charge in [0.2, 0.25) is 11.8 Å². The number of primary amides is 1. The van der Waals surface area contributed by atoms with Crippen molar-refractivity contribution in [1.82, 2.24) is 4.90 Å². The molecular formula is C27H31FN2O2S. The summed E-state index contributed by atoms with van der Waals surface area (Å²) in [5, 5.41) is 0. The van der Waals surface area contributed by atoms with Gasteiger partial charge < -0.3 is 10.6 Å². The highest BCUT2D eigenvalue weighted by atomic mass is 32.2.